The van der Waals surface area contributed by atoms with Crippen molar-refractivity contribution in [3.63, 3.8) is 0 Å². The van der Waals surface area contributed by atoms with Crippen LogP contribution in [0.25, 0.3) is 11.3 Å². The molecule has 1 aromatic heterocycles. The Hall–Kier alpha value is -3.39. The van der Waals surface area contributed by atoms with Crippen molar-refractivity contribution in [2.45, 2.75) is 23.7 Å². The quantitative estimate of drug-likeness (QED) is 0.165. The van der Waals surface area contributed by atoms with Gasteiger partial charge < -0.3 is 10.1 Å². The SMILES string of the molecule is O=C1OC2=C(c3c(sc(=S)n3-c3ccccc3)CC2)C(c2ccccc2)/C1=C1/Nc2ccccc2S1. The van der Waals surface area contributed by atoms with Gasteiger partial charge in [-0.25, -0.2) is 4.79 Å². The van der Waals surface area contributed by atoms with E-state index in [0.29, 0.717) is 12.0 Å². The molecule has 1 N–H and O–H groups in total. The van der Waals surface area contributed by atoms with Gasteiger partial charge in [0, 0.05) is 33.4 Å². The van der Waals surface area contributed by atoms with Crippen molar-refractivity contribution in [1.82, 2.24) is 4.57 Å². The topological polar surface area (TPSA) is 43.3 Å². The molecule has 7 heteroatoms. The predicted molar refractivity (Wildman–Crippen MR) is 148 cm³/mol. The van der Waals surface area contributed by atoms with Gasteiger partial charge in [-0.1, -0.05) is 72.4 Å². The Balaban J connectivity index is 1.50. The van der Waals surface area contributed by atoms with Crippen LogP contribution in [0.2, 0.25) is 0 Å². The molecule has 0 amide bonds. The highest BCUT2D eigenvalue weighted by Crippen LogP contribution is 2.53. The zero-order valence-electron chi connectivity index (χ0n) is 19.1. The number of nitrogens with zero attached hydrogens (tertiary/aromatic N) is 1. The maximum Gasteiger partial charge on any atom is 0.342 e. The fourth-order valence-electron chi connectivity index (χ4n) is 5.24. The van der Waals surface area contributed by atoms with Gasteiger partial charge in [0.2, 0.25) is 0 Å². The van der Waals surface area contributed by atoms with E-state index in [1.165, 1.54) is 4.88 Å². The molecule has 0 spiro atoms. The van der Waals surface area contributed by atoms with Crippen molar-refractivity contribution in [2.24, 2.45) is 0 Å². The molecule has 0 fully saturated rings. The van der Waals surface area contributed by atoms with E-state index in [1.807, 2.05) is 54.6 Å². The van der Waals surface area contributed by atoms with Crippen molar-refractivity contribution < 1.29 is 9.53 Å². The lowest BCUT2D eigenvalue weighted by Crippen LogP contribution is -2.28. The second kappa shape index (κ2) is 8.62. The minimum absolute atomic E-state index is 0.273. The Bertz CT molecular complexity index is 1620. The van der Waals surface area contributed by atoms with E-state index in [-0.39, 0.29) is 11.9 Å². The Labute approximate surface area is 222 Å². The standard InChI is InChI=1S/C29H20N2O2S3/c32-28-25(27-30-19-13-7-8-14-21(19)35-27)23(17-9-3-1-4-10-17)24-20(33-28)15-16-22-26(24)31(29(34)36-22)18-11-5-2-6-12-18/h1-14,23,30H,15-16H2/b27-25+. The van der Waals surface area contributed by atoms with E-state index in [2.05, 4.69) is 40.2 Å². The number of aryl methyl sites for hydroxylation is 1. The summed E-state index contributed by atoms with van der Waals surface area (Å²) in [6.45, 7) is 0. The first-order valence-electron chi connectivity index (χ1n) is 11.8. The van der Waals surface area contributed by atoms with Crippen molar-refractivity contribution in [3.8, 4) is 5.69 Å². The monoisotopic (exact) mass is 524 g/mol. The molecule has 0 bridgehead atoms. The number of thiazole rings is 1. The third-order valence-corrected chi connectivity index (χ3v) is 9.30. The summed E-state index contributed by atoms with van der Waals surface area (Å²) in [5.74, 6) is 0.197. The van der Waals surface area contributed by atoms with Crippen LogP contribution < -0.4 is 5.32 Å². The number of anilines is 1. The normalized spacial score (nSPS) is 20.3. The number of rotatable bonds is 2. The maximum absolute atomic E-state index is 13.7. The number of para-hydroxylation sites is 2. The Morgan fingerprint density at radius 1 is 0.889 bits per heavy atom. The second-order valence-electron chi connectivity index (χ2n) is 8.85. The van der Waals surface area contributed by atoms with Gasteiger partial charge in [0.1, 0.15) is 5.76 Å². The minimum Gasteiger partial charge on any atom is -0.427 e. The van der Waals surface area contributed by atoms with Crippen molar-refractivity contribution >= 4 is 52.5 Å². The number of carbonyl (C=O) groups is 1. The van der Waals surface area contributed by atoms with Crippen LogP contribution in [-0.2, 0) is 16.0 Å². The summed E-state index contributed by atoms with van der Waals surface area (Å²) in [6, 6.07) is 28.6. The lowest BCUT2D eigenvalue weighted by molar-refractivity contribution is -0.136. The van der Waals surface area contributed by atoms with Crippen LogP contribution in [0.3, 0.4) is 0 Å². The summed E-state index contributed by atoms with van der Waals surface area (Å²) in [7, 11) is 0. The van der Waals surface area contributed by atoms with E-state index in [0.717, 1.165) is 54.3 Å². The lowest BCUT2D eigenvalue weighted by Gasteiger charge is -2.34. The van der Waals surface area contributed by atoms with Gasteiger partial charge in [0.25, 0.3) is 0 Å². The van der Waals surface area contributed by atoms with Gasteiger partial charge in [0.15, 0.2) is 3.95 Å². The highest BCUT2D eigenvalue weighted by atomic mass is 32.2. The number of carbonyl (C=O) groups excluding carboxylic acids is 1. The van der Waals surface area contributed by atoms with Crippen LogP contribution in [0.5, 0.6) is 0 Å². The number of allylic oxidation sites excluding steroid dienone is 2. The summed E-state index contributed by atoms with van der Waals surface area (Å²) >= 11 is 9.13. The zero-order chi connectivity index (χ0) is 24.2. The van der Waals surface area contributed by atoms with Crippen LogP contribution in [0.15, 0.2) is 106 Å². The molecule has 3 heterocycles. The largest absolute Gasteiger partial charge is 0.427 e. The Morgan fingerprint density at radius 2 is 1.61 bits per heavy atom. The Morgan fingerprint density at radius 3 is 2.39 bits per heavy atom. The molecular formula is C29H20N2O2S3. The molecule has 2 aliphatic heterocycles. The summed E-state index contributed by atoms with van der Waals surface area (Å²) < 4.78 is 9.07. The first-order chi connectivity index (χ1) is 17.7. The van der Waals surface area contributed by atoms with Crippen molar-refractivity contribution in [3.05, 3.63) is 121 Å². The number of hydrogen-bond acceptors (Lipinski definition) is 6. The molecule has 0 radical (unpaired) electrons. The van der Waals surface area contributed by atoms with Crippen molar-refractivity contribution in [1.29, 1.82) is 0 Å². The number of hydrogen-bond donors (Lipinski definition) is 1. The third kappa shape index (κ3) is 3.42. The molecule has 3 aliphatic rings. The van der Waals surface area contributed by atoms with Crippen LogP contribution in [0.4, 0.5) is 5.69 Å². The number of esters is 1. The molecule has 1 atom stereocenters. The van der Waals surface area contributed by atoms with Gasteiger partial charge in [-0.15, -0.1) is 11.3 Å². The molecule has 0 saturated carbocycles. The summed E-state index contributed by atoms with van der Waals surface area (Å²) in [4.78, 5) is 16.0. The van der Waals surface area contributed by atoms with Crippen LogP contribution >= 0.6 is 35.3 Å². The van der Waals surface area contributed by atoms with Crippen molar-refractivity contribution in [2.75, 3.05) is 5.32 Å². The molecule has 176 valence electrons. The molecular weight excluding hydrogens is 505 g/mol. The molecule has 1 unspecified atom stereocenters. The first kappa shape index (κ1) is 21.9. The lowest BCUT2D eigenvalue weighted by atomic mass is 9.78. The molecule has 7 rings (SSSR count). The molecule has 3 aromatic carbocycles. The van der Waals surface area contributed by atoms with Crippen LogP contribution in [0.1, 0.15) is 28.5 Å². The Kier molecular flexibility index (Phi) is 5.23. The number of nitrogens with one attached hydrogen (secondary N) is 1. The molecule has 36 heavy (non-hydrogen) atoms. The number of fused-ring (bicyclic) bond motifs is 3. The third-order valence-electron chi connectivity index (χ3n) is 6.77. The highest BCUT2D eigenvalue weighted by Gasteiger charge is 2.43. The van der Waals surface area contributed by atoms with Crippen LogP contribution in [-0.4, -0.2) is 10.5 Å². The van der Waals surface area contributed by atoms with E-state index in [9.17, 15) is 4.79 Å². The molecule has 1 aliphatic carbocycles. The summed E-state index contributed by atoms with van der Waals surface area (Å²) in [5, 5.41) is 4.33. The highest BCUT2D eigenvalue weighted by molar-refractivity contribution is 8.03. The van der Waals surface area contributed by atoms with Gasteiger partial charge in [0.05, 0.1) is 22.0 Å². The van der Waals surface area contributed by atoms with Gasteiger partial charge in [-0.05, 0) is 48.5 Å². The predicted octanol–water partition coefficient (Wildman–Crippen LogP) is 7.70. The second-order valence-corrected chi connectivity index (χ2v) is 11.6. The number of thioether (sulfide) groups is 1. The number of benzene rings is 3. The van der Waals surface area contributed by atoms with E-state index >= 15 is 0 Å². The number of aromatic nitrogens is 1. The van der Waals surface area contributed by atoms with Gasteiger partial charge in [-0.3, -0.25) is 4.57 Å². The van der Waals surface area contributed by atoms with Crippen LogP contribution in [0, 0.1) is 3.95 Å². The molecule has 0 saturated heterocycles. The maximum atomic E-state index is 13.7. The van der Waals surface area contributed by atoms with Gasteiger partial charge in [-0.2, -0.15) is 0 Å². The average molecular weight is 525 g/mol. The fraction of sp³-hybridized carbons (Fsp3) is 0.103. The molecule has 4 nitrogen and oxygen atoms in total. The summed E-state index contributed by atoms with van der Waals surface area (Å²) in [5.41, 5.74) is 5.85. The van der Waals surface area contributed by atoms with Gasteiger partial charge >= 0.3 is 5.97 Å². The van der Waals surface area contributed by atoms with E-state index in [1.54, 1.807) is 23.1 Å². The fourth-order valence-corrected chi connectivity index (χ4v) is 7.80. The zero-order valence-corrected chi connectivity index (χ0v) is 21.5. The smallest absolute Gasteiger partial charge is 0.342 e. The molecule has 4 aromatic rings. The average Bonchev–Trinajstić information content (AvgIpc) is 3.49. The minimum atomic E-state index is -0.283. The summed E-state index contributed by atoms with van der Waals surface area (Å²) in [6.07, 6.45) is 1.49. The van der Waals surface area contributed by atoms with E-state index < -0.39 is 0 Å². The number of ether oxygens (including phenoxy) is 1. The van der Waals surface area contributed by atoms with E-state index in [4.69, 9.17) is 17.0 Å². The first-order valence-corrected chi connectivity index (χ1v) is 13.8.